The maximum atomic E-state index is 12.2. The molecule has 1 atom stereocenters. The minimum Gasteiger partial charge on any atom is -0.371 e. The van der Waals surface area contributed by atoms with Gasteiger partial charge >= 0.3 is 0 Å². The molecule has 0 bridgehead atoms. The van der Waals surface area contributed by atoms with E-state index in [1.807, 2.05) is 25.1 Å². The highest BCUT2D eigenvalue weighted by atomic mass is 35.5. The molecule has 3 rings (SSSR count). The molecular formula is C17H18ClN3O2. The van der Waals surface area contributed by atoms with E-state index in [9.17, 15) is 4.79 Å². The number of morpholine rings is 1. The van der Waals surface area contributed by atoms with E-state index in [4.69, 9.17) is 16.3 Å². The molecule has 6 heteroatoms. The molecule has 2 heterocycles. The smallest absolute Gasteiger partial charge is 0.257 e. The van der Waals surface area contributed by atoms with Gasteiger partial charge in [-0.1, -0.05) is 23.7 Å². The molecule has 23 heavy (non-hydrogen) atoms. The second-order valence-electron chi connectivity index (χ2n) is 5.46. The lowest BCUT2D eigenvalue weighted by Gasteiger charge is -2.24. The predicted octanol–water partition coefficient (Wildman–Crippen LogP) is 2.96. The van der Waals surface area contributed by atoms with Crippen LogP contribution in [0.1, 0.15) is 27.6 Å². The number of benzene rings is 1. The van der Waals surface area contributed by atoms with Crippen molar-refractivity contribution in [1.82, 2.24) is 10.3 Å². The summed E-state index contributed by atoms with van der Waals surface area (Å²) in [7, 11) is 0. The van der Waals surface area contributed by atoms with E-state index in [0.29, 0.717) is 17.3 Å². The minimum atomic E-state index is -0.208. The maximum Gasteiger partial charge on any atom is 0.257 e. The number of hydrogen-bond donors (Lipinski definition) is 2. The van der Waals surface area contributed by atoms with Crippen molar-refractivity contribution in [1.29, 1.82) is 0 Å². The van der Waals surface area contributed by atoms with Crippen LogP contribution < -0.4 is 10.6 Å². The van der Waals surface area contributed by atoms with Gasteiger partial charge in [0.1, 0.15) is 5.15 Å². The van der Waals surface area contributed by atoms with Gasteiger partial charge in [-0.05, 0) is 36.2 Å². The van der Waals surface area contributed by atoms with Gasteiger partial charge in [-0.3, -0.25) is 4.79 Å². The SMILES string of the molecule is Cc1cc([C@@H]2CNCCO2)ccc1NC(=O)c1ccc(Cl)nc1. The third-order valence-corrected chi connectivity index (χ3v) is 4.01. The molecule has 1 aromatic carbocycles. The first kappa shape index (κ1) is 15.9. The Bertz CT molecular complexity index is 697. The summed E-state index contributed by atoms with van der Waals surface area (Å²) in [5, 5.41) is 6.57. The van der Waals surface area contributed by atoms with Gasteiger partial charge < -0.3 is 15.4 Å². The first-order valence-corrected chi connectivity index (χ1v) is 7.87. The third kappa shape index (κ3) is 3.88. The lowest BCUT2D eigenvalue weighted by molar-refractivity contribution is 0.0277. The van der Waals surface area contributed by atoms with Crippen molar-refractivity contribution in [2.45, 2.75) is 13.0 Å². The Morgan fingerprint density at radius 3 is 2.91 bits per heavy atom. The summed E-state index contributed by atoms with van der Waals surface area (Å²) in [4.78, 5) is 16.2. The topological polar surface area (TPSA) is 63.2 Å². The monoisotopic (exact) mass is 331 g/mol. The van der Waals surface area contributed by atoms with E-state index in [-0.39, 0.29) is 12.0 Å². The van der Waals surface area contributed by atoms with Crippen LogP contribution in [0.2, 0.25) is 5.15 Å². The summed E-state index contributed by atoms with van der Waals surface area (Å²) in [5.74, 6) is -0.208. The lowest BCUT2D eigenvalue weighted by atomic mass is 10.0. The number of aromatic nitrogens is 1. The zero-order valence-electron chi connectivity index (χ0n) is 12.8. The average molecular weight is 332 g/mol. The largest absolute Gasteiger partial charge is 0.371 e. The fraction of sp³-hybridized carbons (Fsp3) is 0.294. The van der Waals surface area contributed by atoms with Crippen molar-refractivity contribution in [2.75, 3.05) is 25.0 Å². The lowest BCUT2D eigenvalue weighted by Crippen LogP contribution is -2.33. The molecular weight excluding hydrogens is 314 g/mol. The molecule has 0 aliphatic carbocycles. The number of hydrogen-bond acceptors (Lipinski definition) is 4. The van der Waals surface area contributed by atoms with E-state index >= 15 is 0 Å². The van der Waals surface area contributed by atoms with Crippen LogP contribution in [0.4, 0.5) is 5.69 Å². The summed E-state index contributed by atoms with van der Waals surface area (Å²) in [5.41, 5.74) is 3.35. The number of aryl methyl sites for hydroxylation is 1. The summed E-state index contributed by atoms with van der Waals surface area (Å²) in [6.45, 7) is 4.38. The quantitative estimate of drug-likeness (QED) is 0.849. The number of nitrogens with zero attached hydrogens (tertiary/aromatic N) is 1. The highest BCUT2D eigenvalue weighted by Crippen LogP contribution is 2.24. The molecule has 1 amide bonds. The molecule has 1 aromatic heterocycles. The first-order chi connectivity index (χ1) is 11.1. The molecule has 1 saturated heterocycles. The molecule has 2 N–H and O–H groups in total. The molecule has 0 saturated carbocycles. The number of amides is 1. The Labute approximate surface area is 140 Å². The average Bonchev–Trinajstić information content (AvgIpc) is 2.58. The number of nitrogens with one attached hydrogen (secondary N) is 2. The summed E-state index contributed by atoms with van der Waals surface area (Å²) in [6.07, 6.45) is 1.52. The van der Waals surface area contributed by atoms with Crippen molar-refractivity contribution in [3.05, 3.63) is 58.4 Å². The van der Waals surface area contributed by atoms with Crippen LogP contribution in [0, 0.1) is 6.92 Å². The zero-order valence-corrected chi connectivity index (χ0v) is 13.6. The molecule has 1 aliphatic heterocycles. The van der Waals surface area contributed by atoms with Crippen molar-refractivity contribution in [3.8, 4) is 0 Å². The Hall–Kier alpha value is -1.95. The van der Waals surface area contributed by atoms with Crippen LogP contribution in [0.3, 0.4) is 0 Å². The minimum absolute atomic E-state index is 0.0627. The van der Waals surface area contributed by atoms with Gasteiger partial charge in [0.15, 0.2) is 0 Å². The molecule has 1 aliphatic rings. The zero-order chi connectivity index (χ0) is 16.2. The Morgan fingerprint density at radius 1 is 1.39 bits per heavy atom. The van der Waals surface area contributed by atoms with E-state index in [0.717, 1.165) is 29.9 Å². The Morgan fingerprint density at radius 2 is 2.26 bits per heavy atom. The van der Waals surface area contributed by atoms with Crippen molar-refractivity contribution in [2.24, 2.45) is 0 Å². The molecule has 120 valence electrons. The van der Waals surface area contributed by atoms with Crippen molar-refractivity contribution >= 4 is 23.2 Å². The number of ether oxygens (including phenoxy) is 1. The number of carbonyl (C=O) groups excluding carboxylic acids is 1. The van der Waals surface area contributed by atoms with Crippen LogP contribution >= 0.6 is 11.6 Å². The van der Waals surface area contributed by atoms with Gasteiger partial charge in [-0.2, -0.15) is 0 Å². The standard InChI is InChI=1S/C17H18ClN3O2/c1-11-8-12(15-10-19-6-7-23-15)2-4-14(11)21-17(22)13-3-5-16(18)20-9-13/h2-5,8-9,15,19H,6-7,10H2,1H3,(H,21,22)/t15-/m0/s1. The maximum absolute atomic E-state index is 12.2. The van der Waals surface area contributed by atoms with Crippen LogP contribution in [0.5, 0.6) is 0 Å². The van der Waals surface area contributed by atoms with Gasteiger partial charge in [0.05, 0.1) is 18.3 Å². The molecule has 0 unspecified atom stereocenters. The second-order valence-corrected chi connectivity index (χ2v) is 5.85. The van der Waals surface area contributed by atoms with Gasteiger partial charge in [-0.15, -0.1) is 0 Å². The fourth-order valence-electron chi connectivity index (χ4n) is 2.51. The normalized spacial score (nSPS) is 17.7. The number of pyridine rings is 1. The molecule has 2 aromatic rings. The molecule has 5 nitrogen and oxygen atoms in total. The molecule has 0 spiro atoms. The highest BCUT2D eigenvalue weighted by Gasteiger charge is 2.17. The van der Waals surface area contributed by atoms with E-state index in [1.165, 1.54) is 6.20 Å². The van der Waals surface area contributed by atoms with Crippen molar-refractivity contribution in [3.63, 3.8) is 0 Å². The van der Waals surface area contributed by atoms with Crippen LogP contribution in [0.25, 0.3) is 0 Å². The van der Waals surface area contributed by atoms with Gasteiger partial charge in [0, 0.05) is 25.0 Å². The first-order valence-electron chi connectivity index (χ1n) is 7.49. The van der Waals surface area contributed by atoms with Crippen molar-refractivity contribution < 1.29 is 9.53 Å². The predicted molar refractivity (Wildman–Crippen MR) is 89.9 cm³/mol. The van der Waals surface area contributed by atoms with Gasteiger partial charge in [0.2, 0.25) is 0 Å². The van der Waals surface area contributed by atoms with Crippen LogP contribution in [0.15, 0.2) is 36.5 Å². The number of carbonyl (C=O) groups is 1. The van der Waals surface area contributed by atoms with Crippen LogP contribution in [-0.2, 0) is 4.74 Å². The van der Waals surface area contributed by atoms with Crippen LogP contribution in [-0.4, -0.2) is 30.6 Å². The Kier molecular flexibility index (Phi) is 4.91. The Balaban J connectivity index is 1.73. The second kappa shape index (κ2) is 7.08. The molecule has 0 radical (unpaired) electrons. The van der Waals surface area contributed by atoms with Gasteiger partial charge in [0.25, 0.3) is 5.91 Å². The highest BCUT2D eigenvalue weighted by molar-refractivity contribution is 6.29. The number of anilines is 1. The van der Waals surface area contributed by atoms with Gasteiger partial charge in [-0.25, -0.2) is 4.98 Å². The summed E-state index contributed by atoms with van der Waals surface area (Å²) >= 11 is 5.73. The number of rotatable bonds is 3. The molecule has 1 fully saturated rings. The van der Waals surface area contributed by atoms with E-state index in [2.05, 4.69) is 15.6 Å². The third-order valence-electron chi connectivity index (χ3n) is 3.79. The van der Waals surface area contributed by atoms with E-state index in [1.54, 1.807) is 12.1 Å². The fourth-order valence-corrected chi connectivity index (χ4v) is 2.62. The number of halogens is 1. The van der Waals surface area contributed by atoms with E-state index < -0.39 is 0 Å². The summed E-state index contributed by atoms with van der Waals surface area (Å²) < 4.78 is 5.75. The summed E-state index contributed by atoms with van der Waals surface area (Å²) in [6, 6.07) is 9.19.